The monoisotopic (exact) mass is 277 g/mol. The van der Waals surface area contributed by atoms with Crippen LogP contribution in [0, 0.1) is 13.8 Å². The quantitative estimate of drug-likeness (QED) is 0.897. The lowest BCUT2D eigenvalue weighted by atomic mass is 9.94. The van der Waals surface area contributed by atoms with Crippen molar-refractivity contribution in [3.8, 4) is 5.75 Å². The second-order valence-electron chi connectivity index (χ2n) is 5.86. The average Bonchev–Trinajstić information content (AvgIpc) is 2.40. The van der Waals surface area contributed by atoms with Crippen molar-refractivity contribution < 1.29 is 9.84 Å². The molecule has 2 rings (SSSR count). The van der Waals surface area contributed by atoms with Crippen LogP contribution in [-0.2, 0) is 0 Å². The Morgan fingerprint density at radius 1 is 1.20 bits per heavy atom. The predicted molar refractivity (Wildman–Crippen MR) is 82.3 cm³/mol. The molecule has 2 atom stereocenters. The zero-order valence-electron chi connectivity index (χ0n) is 13.1. The fourth-order valence-electron chi connectivity index (χ4n) is 3.19. The first-order valence-electron chi connectivity index (χ1n) is 7.74. The van der Waals surface area contributed by atoms with E-state index in [-0.39, 0.29) is 6.04 Å². The molecule has 0 aliphatic carbocycles. The third-order valence-corrected chi connectivity index (χ3v) is 4.02. The minimum absolute atomic E-state index is 0.0728. The van der Waals surface area contributed by atoms with Gasteiger partial charge in [-0.15, -0.1) is 0 Å². The van der Waals surface area contributed by atoms with Crippen molar-refractivity contribution in [1.29, 1.82) is 0 Å². The number of benzene rings is 1. The van der Waals surface area contributed by atoms with Gasteiger partial charge in [0.05, 0.1) is 6.04 Å². The lowest BCUT2D eigenvalue weighted by Gasteiger charge is -2.38. The molecule has 0 fully saturated rings. The van der Waals surface area contributed by atoms with Gasteiger partial charge >= 0.3 is 0 Å². The number of nitrogens with zero attached hydrogens (tertiary/aromatic N) is 1. The molecule has 0 spiro atoms. The molecule has 0 radical (unpaired) electrons. The summed E-state index contributed by atoms with van der Waals surface area (Å²) in [5.41, 5.74) is 3.26. The Kier molecular flexibility index (Phi) is 5.06. The summed E-state index contributed by atoms with van der Waals surface area (Å²) in [6.07, 6.45) is 1.75. The Morgan fingerprint density at radius 2 is 1.85 bits per heavy atom. The van der Waals surface area contributed by atoms with Gasteiger partial charge in [-0.2, -0.15) is 0 Å². The summed E-state index contributed by atoms with van der Waals surface area (Å²) in [6, 6.07) is 4.25. The van der Waals surface area contributed by atoms with Crippen molar-refractivity contribution in [2.75, 3.05) is 19.7 Å². The molecule has 3 nitrogen and oxygen atoms in total. The largest absolute Gasteiger partial charge is 0.491 e. The fraction of sp³-hybridized carbons (Fsp3) is 0.647. The summed E-state index contributed by atoms with van der Waals surface area (Å²) in [7, 11) is 0. The van der Waals surface area contributed by atoms with Gasteiger partial charge in [0.2, 0.25) is 0 Å². The van der Waals surface area contributed by atoms with Gasteiger partial charge in [0.25, 0.3) is 0 Å². The SMILES string of the molecule is CCCN(CCC)C1COc2c(C)cc(C)cc2C1O. The van der Waals surface area contributed by atoms with Crippen molar-refractivity contribution in [3.63, 3.8) is 0 Å². The zero-order chi connectivity index (χ0) is 14.7. The number of aryl methyl sites for hydroxylation is 2. The van der Waals surface area contributed by atoms with E-state index in [2.05, 4.69) is 44.7 Å². The van der Waals surface area contributed by atoms with Crippen LogP contribution in [0.3, 0.4) is 0 Å². The van der Waals surface area contributed by atoms with Crippen molar-refractivity contribution in [1.82, 2.24) is 4.90 Å². The zero-order valence-corrected chi connectivity index (χ0v) is 13.1. The summed E-state index contributed by atoms with van der Waals surface area (Å²) >= 11 is 0. The number of hydrogen-bond donors (Lipinski definition) is 1. The number of aliphatic hydroxyl groups is 1. The van der Waals surface area contributed by atoms with E-state index < -0.39 is 6.10 Å². The maximum Gasteiger partial charge on any atom is 0.128 e. The molecular formula is C17H27NO2. The van der Waals surface area contributed by atoms with E-state index in [9.17, 15) is 5.11 Å². The van der Waals surface area contributed by atoms with Crippen LogP contribution in [0.1, 0.15) is 49.5 Å². The van der Waals surface area contributed by atoms with Gasteiger partial charge in [-0.3, -0.25) is 4.90 Å². The van der Waals surface area contributed by atoms with E-state index in [4.69, 9.17) is 4.74 Å². The Bertz CT molecular complexity index is 453. The van der Waals surface area contributed by atoms with E-state index in [1.54, 1.807) is 0 Å². The molecule has 0 amide bonds. The van der Waals surface area contributed by atoms with E-state index in [0.717, 1.165) is 42.8 Å². The van der Waals surface area contributed by atoms with E-state index in [1.165, 1.54) is 5.56 Å². The third kappa shape index (κ3) is 2.99. The van der Waals surface area contributed by atoms with E-state index in [0.29, 0.717) is 6.61 Å². The Labute approximate surface area is 122 Å². The second kappa shape index (κ2) is 6.59. The van der Waals surface area contributed by atoms with Gasteiger partial charge in [-0.25, -0.2) is 0 Å². The van der Waals surface area contributed by atoms with Crippen LogP contribution in [0.15, 0.2) is 12.1 Å². The normalized spacial score (nSPS) is 21.7. The number of rotatable bonds is 5. The van der Waals surface area contributed by atoms with Gasteiger partial charge in [0, 0.05) is 5.56 Å². The predicted octanol–water partition coefficient (Wildman–Crippen LogP) is 3.22. The first-order chi connectivity index (χ1) is 9.58. The van der Waals surface area contributed by atoms with Crippen LogP contribution in [0.25, 0.3) is 0 Å². The fourth-order valence-corrected chi connectivity index (χ4v) is 3.19. The molecule has 2 unspecified atom stereocenters. The third-order valence-electron chi connectivity index (χ3n) is 4.02. The summed E-state index contributed by atoms with van der Waals surface area (Å²) in [4.78, 5) is 2.37. The number of hydrogen-bond acceptors (Lipinski definition) is 3. The molecular weight excluding hydrogens is 250 g/mol. The molecule has 0 bridgehead atoms. The first-order valence-corrected chi connectivity index (χ1v) is 7.74. The Hall–Kier alpha value is -1.06. The lowest BCUT2D eigenvalue weighted by Crippen LogP contribution is -2.46. The molecule has 0 saturated heterocycles. The van der Waals surface area contributed by atoms with Gasteiger partial charge in [-0.1, -0.05) is 25.5 Å². The highest BCUT2D eigenvalue weighted by atomic mass is 16.5. The smallest absolute Gasteiger partial charge is 0.128 e. The second-order valence-corrected chi connectivity index (χ2v) is 5.86. The van der Waals surface area contributed by atoms with Crippen LogP contribution in [0.4, 0.5) is 0 Å². The van der Waals surface area contributed by atoms with Crippen LogP contribution in [-0.4, -0.2) is 35.7 Å². The van der Waals surface area contributed by atoms with Gasteiger partial charge in [0.15, 0.2) is 0 Å². The summed E-state index contributed by atoms with van der Waals surface area (Å²) in [5.74, 6) is 0.882. The molecule has 1 heterocycles. The van der Waals surface area contributed by atoms with E-state index in [1.807, 2.05) is 0 Å². The van der Waals surface area contributed by atoms with Crippen LogP contribution in [0.5, 0.6) is 5.75 Å². The van der Waals surface area contributed by atoms with Crippen LogP contribution < -0.4 is 4.74 Å². The maximum absolute atomic E-state index is 10.8. The number of aliphatic hydroxyl groups excluding tert-OH is 1. The summed E-state index contributed by atoms with van der Waals surface area (Å²) in [5, 5.41) is 10.8. The van der Waals surface area contributed by atoms with Crippen LogP contribution >= 0.6 is 0 Å². The molecule has 1 aromatic rings. The molecule has 20 heavy (non-hydrogen) atoms. The van der Waals surface area contributed by atoms with Crippen LogP contribution in [0.2, 0.25) is 0 Å². The lowest BCUT2D eigenvalue weighted by molar-refractivity contribution is 0.00297. The minimum Gasteiger partial charge on any atom is -0.491 e. The topological polar surface area (TPSA) is 32.7 Å². The molecule has 0 aromatic heterocycles. The summed E-state index contributed by atoms with van der Waals surface area (Å²) in [6.45, 7) is 11.1. The Morgan fingerprint density at radius 3 is 2.45 bits per heavy atom. The van der Waals surface area contributed by atoms with Gasteiger partial charge < -0.3 is 9.84 Å². The molecule has 112 valence electrons. The average molecular weight is 277 g/mol. The van der Waals surface area contributed by atoms with Gasteiger partial charge in [-0.05, 0) is 51.4 Å². The summed E-state index contributed by atoms with van der Waals surface area (Å²) < 4.78 is 5.96. The minimum atomic E-state index is -0.449. The molecule has 1 N–H and O–H groups in total. The highest BCUT2D eigenvalue weighted by Gasteiger charge is 2.33. The van der Waals surface area contributed by atoms with Crippen molar-refractivity contribution in [2.24, 2.45) is 0 Å². The standard InChI is InChI=1S/C17H27NO2/c1-5-7-18(8-6-2)15-11-20-17-13(4)9-12(3)10-14(17)16(15)19/h9-10,15-16,19H,5-8,11H2,1-4H3. The molecule has 3 heteroatoms. The molecule has 1 aliphatic rings. The Balaban J connectivity index is 2.28. The number of ether oxygens (including phenoxy) is 1. The van der Waals surface area contributed by atoms with Crippen molar-refractivity contribution in [3.05, 3.63) is 28.8 Å². The van der Waals surface area contributed by atoms with E-state index >= 15 is 0 Å². The molecule has 1 aliphatic heterocycles. The number of fused-ring (bicyclic) bond motifs is 1. The van der Waals surface area contributed by atoms with Gasteiger partial charge in [0.1, 0.15) is 18.5 Å². The molecule has 1 aromatic carbocycles. The molecule has 0 saturated carbocycles. The van der Waals surface area contributed by atoms with Crippen molar-refractivity contribution >= 4 is 0 Å². The highest BCUT2D eigenvalue weighted by Crippen LogP contribution is 2.37. The van der Waals surface area contributed by atoms with Crippen molar-refractivity contribution in [2.45, 2.75) is 52.7 Å². The maximum atomic E-state index is 10.8. The highest BCUT2D eigenvalue weighted by molar-refractivity contribution is 5.46. The first kappa shape index (κ1) is 15.3.